The maximum absolute atomic E-state index is 12.8. The molecule has 0 spiro atoms. The number of hydrogen-bond donors (Lipinski definition) is 1. The summed E-state index contributed by atoms with van der Waals surface area (Å²) < 4.78 is 3.99. The first-order valence-electron chi connectivity index (χ1n) is 8.85. The van der Waals surface area contributed by atoms with Crippen molar-refractivity contribution in [1.29, 1.82) is 0 Å². The summed E-state index contributed by atoms with van der Waals surface area (Å²) in [5.74, 6) is 0.826. The Morgan fingerprint density at radius 3 is 2.96 bits per heavy atom. The van der Waals surface area contributed by atoms with E-state index >= 15 is 0 Å². The number of aryl methyl sites for hydroxylation is 2. The smallest absolute Gasteiger partial charge is 0.253 e. The average Bonchev–Trinajstić information content (AvgIpc) is 3.19. The molecule has 25 heavy (non-hydrogen) atoms. The summed E-state index contributed by atoms with van der Waals surface area (Å²) in [6.07, 6.45) is 8.68. The molecule has 6 nitrogen and oxygen atoms in total. The summed E-state index contributed by atoms with van der Waals surface area (Å²) in [5.41, 5.74) is 4.06. The first-order chi connectivity index (χ1) is 12.0. The zero-order valence-corrected chi connectivity index (χ0v) is 14.9. The highest BCUT2D eigenvalue weighted by Gasteiger charge is 2.27. The number of aromatic nitrogens is 4. The molecule has 1 aliphatic carbocycles. The molecule has 3 aromatic rings. The number of hydrogen-bond acceptors (Lipinski definition) is 3. The van der Waals surface area contributed by atoms with Crippen molar-refractivity contribution in [3.63, 3.8) is 0 Å². The monoisotopic (exact) mass is 337 g/mol. The summed E-state index contributed by atoms with van der Waals surface area (Å²) in [6.45, 7) is 6.18. The number of amides is 1. The van der Waals surface area contributed by atoms with Gasteiger partial charge < -0.3 is 9.72 Å². The van der Waals surface area contributed by atoms with Crippen LogP contribution in [0, 0.1) is 6.92 Å². The molecule has 4 rings (SSSR count). The molecule has 0 fully saturated rings. The van der Waals surface area contributed by atoms with Crippen LogP contribution >= 0.6 is 0 Å². The molecule has 3 heterocycles. The van der Waals surface area contributed by atoms with Gasteiger partial charge in [-0.2, -0.15) is 5.10 Å². The van der Waals surface area contributed by atoms with Gasteiger partial charge in [-0.3, -0.25) is 9.48 Å². The molecule has 130 valence electrons. The minimum Gasteiger partial charge on any atom is -0.344 e. The second-order valence-corrected chi connectivity index (χ2v) is 7.03. The van der Waals surface area contributed by atoms with Crippen molar-refractivity contribution in [3.05, 3.63) is 53.4 Å². The molecule has 0 aliphatic heterocycles. The van der Waals surface area contributed by atoms with Crippen LogP contribution in [0.1, 0.15) is 66.2 Å². The molecule has 1 N–H and O–H groups in total. The van der Waals surface area contributed by atoms with Crippen LogP contribution in [0.15, 0.2) is 30.7 Å². The third-order valence-corrected chi connectivity index (χ3v) is 4.95. The van der Waals surface area contributed by atoms with E-state index in [-0.39, 0.29) is 18.0 Å². The number of carbonyl (C=O) groups is 1. The third kappa shape index (κ3) is 2.71. The van der Waals surface area contributed by atoms with E-state index in [2.05, 4.69) is 29.2 Å². The predicted molar refractivity (Wildman–Crippen MR) is 95.7 cm³/mol. The van der Waals surface area contributed by atoms with Crippen LogP contribution < -0.4 is 5.32 Å². The highest BCUT2D eigenvalue weighted by atomic mass is 16.1. The van der Waals surface area contributed by atoms with Gasteiger partial charge in [-0.15, -0.1) is 0 Å². The molecule has 0 radical (unpaired) electrons. The summed E-state index contributed by atoms with van der Waals surface area (Å²) >= 11 is 0. The van der Waals surface area contributed by atoms with Crippen LogP contribution in [0.25, 0.3) is 5.52 Å². The molecule has 0 saturated heterocycles. The van der Waals surface area contributed by atoms with E-state index in [9.17, 15) is 4.79 Å². The van der Waals surface area contributed by atoms with E-state index in [1.165, 1.54) is 5.56 Å². The van der Waals surface area contributed by atoms with Gasteiger partial charge in [-0.05, 0) is 57.7 Å². The van der Waals surface area contributed by atoms with Crippen molar-refractivity contribution in [3.8, 4) is 0 Å². The Labute approximate surface area is 146 Å². The van der Waals surface area contributed by atoms with Crippen molar-refractivity contribution in [2.75, 3.05) is 0 Å². The zero-order valence-electron chi connectivity index (χ0n) is 14.9. The van der Waals surface area contributed by atoms with Crippen LogP contribution in [-0.4, -0.2) is 25.1 Å². The fraction of sp³-hybridized carbons (Fsp3) is 0.421. The van der Waals surface area contributed by atoms with Gasteiger partial charge in [0.15, 0.2) is 0 Å². The molecule has 0 saturated carbocycles. The Kier molecular flexibility index (Phi) is 3.82. The van der Waals surface area contributed by atoms with Gasteiger partial charge in [0.05, 0.1) is 35.2 Å². The van der Waals surface area contributed by atoms with E-state index in [4.69, 9.17) is 0 Å². The summed E-state index contributed by atoms with van der Waals surface area (Å²) in [6, 6.07) is 4.08. The van der Waals surface area contributed by atoms with Crippen molar-refractivity contribution in [1.82, 2.24) is 24.5 Å². The zero-order chi connectivity index (χ0) is 17.6. The Morgan fingerprint density at radius 1 is 1.32 bits per heavy atom. The molecule has 0 aromatic carbocycles. The van der Waals surface area contributed by atoms with Crippen molar-refractivity contribution in [2.24, 2.45) is 0 Å². The second kappa shape index (κ2) is 6.02. The second-order valence-electron chi connectivity index (χ2n) is 7.03. The molecule has 0 unspecified atom stereocenters. The molecule has 3 aromatic heterocycles. The lowest BCUT2D eigenvalue weighted by atomic mass is 9.93. The molecule has 6 heteroatoms. The van der Waals surface area contributed by atoms with E-state index in [0.717, 1.165) is 36.3 Å². The number of carbonyl (C=O) groups excluding carboxylic acids is 1. The number of fused-ring (bicyclic) bond motifs is 2. The number of imidazole rings is 1. The van der Waals surface area contributed by atoms with Crippen molar-refractivity contribution < 1.29 is 4.79 Å². The lowest BCUT2D eigenvalue weighted by Gasteiger charge is -2.26. The van der Waals surface area contributed by atoms with Gasteiger partial charge in [0.2, 0.25) is 0 Å². The molecule has 1 aliphatic rings. The quantitative estimate of drug-likeness (QED) is 0.798. The molecule has 0 bridgehead atoms. The van der Waals surface area contributed by atoms with Gasteiger partial charge >= 0.3 is 0 Å². The summed E-state index contributed by atoms with van der Waals surface area (Å²) in [7, 11) is 0. The first kappa shape index (κ1) is 15.9. The predicted octanol–water partition coefficient (Wildman–Crippen LogP) is 3.23. The van der Waals surface area contributed by atoms with E-state index < -0.39 is 0 Å². The first-order valence-corrected chi connectivity index (χ1v) is 8.85. The highest BCUT2D eigenvalue weighted by molar-refractivity contribution is 5.94. The van der Waals surface area contributed by atoms with Gasteiger partial charge in [-0.1, -0.05) is 0 Å². The fourth-order valence-electron chi connectivity index (χ4n) is 3.66. The standard InChI is InChI=1S/C19H23N5O/c1-12(2)24-18-14(9-21-24)5-4-6-17(18)22-19(25)15-7-8-16-10-20-13(3)23(16)11-15/h7-12,17H,4-6H2,1-3H3,(H,22,25)/t17-/m0/s1. The SMILES string of the molecule is Cc1ncc2ccc(C(=O)N[C@H]3CCCc4cnn(C(C)C)c43)cn12. The topological polar surface area (TPSA) is 64.2 Å². The van der Waals surface area contributed by atoms with E-state index in [0.29, 0.717) is 5.56 Å². The van der Waals surface area contributed by atoms with E-state index in [1.54, 1.807) is 0 Å². The molecule has 1 atom stereocenters. The largest absolute Gasteiger partial charge is 0.344 e. The number of rotatable bonds is 3. The maximum atomic E-state index is 12.8. The Morgan fingerprint density at radius 2 is 2.16 bits per heavy atom. The van der Waals surface area contributed by atoms with E-state index in [1.807, 2.05) is 46.7 Å². The lowest BCUT2D eigenvalue weighted by Crippen LogP contribution is -2.33. The Bertz CT molecular complexity index is 937. The van der Waals surface area contributed by atoms with Crippen molar-refractivity contribution >= 4 is 11.4 Å². The summed E-state index contributed by atoms with van der Waals surface area (Å²) in [4.78, 5) is 17.1. The van der Waals surface area contributed by atoms with Crippen LogP contribution in [0.5, 0.6) is 0 Å². The van der Waals surface area contributed by atoms with Gasteiger partial charge in [0.25, 0.3) is 5.91 Å². The van der Waals surface area contributed by atoms with Crippen LogP contribution in [0.3, 0.4) is 0 Å². The van der Waals surface area contributed by atoms with Gasteiger partial charge in [-0.25, -0.2) is 4.98 Å². The minimum atomic E-state index is -0.0515. The van der Waals surface area contributed by atoms with Crippen LogP contribution in [-0.2, 0) is 6.42 Å². The molecule has 1 amide bonds. The van der Waals surface area contributed by atoms with Gasteiger partial charge in [0.1, 0.15) is 5.82 Å². The number of nitrogens with one attached hydrogen (secondary N) is 1. The fourth-order valence-corrected chi connectivity index (χ4v) is 3.66. The molecular weight excluding hydrogens is 314 g/mol. The third-order valence-electron chi connectivity index (χ3n) is 4.95. The van der Waals surface area contributed by atoms with Crippen LogP contribution in [0.4, 0.5) is 0 Å². The highest BCUT2D eigenvalue weighted by Crippen LogP contribution is 2.31. The van der Waals surface area contributed by atoms with Gasteiger partial charge in [0, 0.05) is 12.2 Å². The minimum absolute atomic E-state index is 0.0146. The molecular formula is C19H23N5O. The lowest BCUT2D eigenvalue weighted by molar-refractivity contribution is 0.0929. The average molecular weight is 337 g/mol. The Balaban J connectivity index is 1.63. The number of pyridine rings is 1. The summed E-state index contributed by atoms with van der Waals surface area (Å²) in [5, 5.41) is 7.74. The van der Waals surface area contributed by atoms with Crippen molar-refractivity contribution in [2.45, 2.75) is 52.1 Å². The Hall–Kier alpha value is -2.63. The van der Waals surface area contributed by atoms with Crippen LogP contribution in [0.2, 0.25) is 0 Å². The maximum Gasteiger partial charge on any atom is 0.253 e. The number of nitrogens with zero attached hydrogens (tertiary/aromatic N) is 4. The normalized spacial score (nSPS) is 17.0.